The lowest BCUT2D eigenvalue weighted by Gasteiger charge is -2.29. The van der Waals surface area contributed by atoms with Gasteiger partial charge in [0.05, 0.1) is 5.56 Å². The smallest absolute Gasteiger partial charge is 0.126 e. The van der Waals surface area contributed by atoms with Crippen LogP contribution >= 0.6 is 15.9 Å². The molecule has 0 aliphatic carbocycles. The molecule has 108 valence electrons. The summed E-state index contributed by atoms with van der Waals surface area (Å²) in [6.45, 7) is 2.08. The molecule has 2 unspecified atom stereocenters. The number of fused-ring (bicyclic) bond motifs is 2. The third kappa shape index (κ3) is 2.33. The summed E-state index contributed by atoms with van der Waals surface area (Å²) in [4.78, 5) is 4.94. The third-order valence-electron chi connectivity index (χ3n) is 4.75. The van der Waals surface area contributed by atoms with E-state index in [9.17, 15) is 0 Å². The van der Waals surface area contributed by atoms with Gasteiger partial charge < -0.3 is 10.6 Å². The molecule has 20 heavy (non-hydrogen) atoms. The van der Waals surface area contributed by atoms with Crippen LogP contribution in [0.5, 0.6) is 0 Å². The van der Waals surface area contributed by atoms with Crippen molar-refractivity contribution in [3.05, 3.63) is 28.2 Å². The first kappa shape index (κ1) is 13.9. The van der Waals surface area contributed by atoms with Gasteiger partial charge in [-0.3, -0.25) is 10.3 Å². The highest BCUT2D eigenvalue weighted by atomic mass is 79.9. The summed E-state index contributed by atoms with van der Waals surface area (Å²) in [7, 11) is 2.25. The van der Waals surface area contributed by atoms with Gasteiger partial charge >= 0.3 is 0 Å². The van der Waals surface area contributed by atoms with Crippen molar-refractivity contribution in [2.45, 2.75) is 31.3 Å². The van der Waals surface area contributed by atoms with E-state index < -0.39 is 0 Å². The molecule has 2 saturated heterocycles. The van der Waals surface area contributed by atoms with Crippen molar-refractivity contribution in [2.75, 3.05) is 25.0 Å². The molecule has 0 radical (unpaired) electrons. The second kappa shape index (κ2) is 5.37. The number of nitrogens with zero attached hydrogens (tertiary/aromatic N) is 2. The fraction of sp³-hybridized carbons (Fsp3) is 0.533. The van der Waals surface area contributed by atoms with E-state index >= 15 is 0 Å². The van der Waals surface area contributed by atoms with Gasteiger partial charge in [-0.05, 0) is 54.4 Å². The fourth-order valence-electron chi connectivity index (χ4n) is 3.57. The minimum atomic E-state index is 0.134. The average molecular weight is 337 g/mol. The van der Waals surface area contributed by atoms with Crippen molar-refractivity contribution in [1.29, 1.82) is 5.41 Å². The van der Waals surface area contributed by atoms with Crippen LogP contribution in [0.15, 0.2) is 22.7 Å². The lowest BCUT2D eigenvalue weighted by atomic mass is 10.1. The Labute approximate surface area is 128 Å². The molecule has 2 atom stereocenters. The molecule has 0 saturated carbocycles. The molecule has 2 fully saturated rings. The van der Waals surface area contributed by atoms with Crippen LogP contribution in [0.3, 0.4) is 0 Å². The van der Waals surface area contributed by atoms with E-state index in [0.717, 1.165) is 34.9 Å². The first-order chi connectivity index (χ1) is 9.58. The molecule has 3 rings (SSSR count). The maximum absolute atomic E-state index is 7.84. The Kier molecular flexibility index (Phi) is 3.73. The summed E-state index contributed by atoms with van der Waals surface area (Å²) in [5.41, 5.74) is 7.70. The third-order valence-corrected chi connectivity index (χ3v) is 5.41. The van der Waals surface area contributed by atoms with Gasteiger partial charge in [0, 0.05) is 35.3 Å². The lowest BCUT2D eigenvalue weighted by Crippen LogP contribution is -2.37. The second-order valence-corrected chi connectivity index (χ2v) is 6.69. The number of likely N-dealkylation sites (N-methyl/N-ethyl adjacent to an activating group) is 1. The van der Waals surface area contributed by atoms with Crippen molar-refractivity contribution in [3.63, 3.8) is 0 Å². The number of halogens is 1. The summed E-state index contributed by atoms with van der Waals surface area (Å²) in [5.74, 6) is 0.134. The van der Waals surface area contributed by atoms with E-state index in [1.54, 1.807) is 0 Å². The van der Waals surface area contributed by atoms with Crippen molar-refractivity contribution < 1.29 is 0 Å². The molecule has 0 aromatic heterocycles. The highest BCUT2D eigenvalue weighted by Gasteiger charge is 2.35. The summed E-state index contributed by atoms with van der Waals surface area (Å²) in [5, 5.41) is 7.84. The number of benzene rings is 1. The molecule has 0 amide bonds. The van der Waals surface area contributed by atoms with Crippen LogP contribution in [-0.2, 0) is 0 Å². The zero-order chi connectivity index (χ0) is 14.3. The molecular weight excluding hydrogens is 316 g/mol. The molecule has 1 aromatic rings. The summed E-state index contributed by atoms with van der Waals surface area (Å²) in [6, 6.07) is 7.41. The predicted octanol–water partition coefficient (Wildman–Crippen LogP) is 2.41. The monoisotopic (exact) mass is 336 g/mol. The van der Waals surface area contributed by atoms with Crippen LogP contribution in [0.25, 0.3) is 0 Å². The van der Waals surface area contributed by atoms with Gasteiger partial charge in [0.25, 0.3) is 0 Å². The van der Waals surface area contributed by atoms with E-state index in [1.807, 2.05) is 12.1 Å². The maximum atomic E-state index is 7.84. The van der Waals surface area contributed by atoms with Gasteiger partial charge in [-0.15, -0.1) is 0 Å². The Morgan fingerprint density at radius 2 is 2.05 bits per heavy atom. The van der Waals surface area contributed by atoms with Gasteiger partial charge in [-0.25, -0.2) is 0 Å². The molecular formula is C15H21BrN4. The number of rotatable bonds is 2. The number of nitrogens with one attached hydrogen (secondary N) is 1. The Hall–Kier alpha value is -1.07. The van der Waals surface area contributed by atoms with Crippen LogP contribution in [0.2, 0.25) is 0 Å². The Bertz CT molecular complexity index is 531. The van der Waals surface area contributed by atoms with E-state index in [2.05, 4.69) is 38.8 Å². The van der Waals surface area contributed by atoms with E-state index in [-0.39, 0.29) is 5.84 Å². The number of amidine groups is 1. The molecule has 2 aliphatic heterocycles. The molecule has 2 heterocycles. The molecule has 0 spiro atoms. The maximum Gasteiger partial charge on any atom is 0.126 e. The standard InChI is InChI=1S/C15H21BrN4/c1-19-10-5-6-11(19)9-20(8-7-10)13-4-2-3-12(16)14(13)15(17)18/h2-4,10-11H,5-9H2,1H3,(H3,17,18). The fourth-order valence-corrected chi connectivity index (χ4v) is 4.14. The summed E-state index contributed by atoms with van der Waals surface area (Å²) in [6.07, 6.45) is 3.80. The molecule has 3 N–H and O–H groups in total. The highest BCUT2D eigenvalue weighted by molar-refractivity contribution is 9.10. The Balaban J connectivity index is 1.94. The van der Waals surface area contributed by atoms with Crippen LogP contribution in [0, 0.1) is 5.41 Å². The molecule has 2 aliphatic rings. The average Bonchev–Trinajstić information content (AvgIpc) is 2.62. The van der Waals surface area contributed by atoms with E-state index in [4.69, 9.17) is 11.1 Å². The number of hydrogen-bond acceptors (Lipinski definition) is 3. The quantitative estimate of drug-likeness (QED) is 0.644. The second-order valence-electron chi connectivity index (χ2n) is 5.83. The largest absolute Gasteiger partial charge is 0.384 e. The van der Waals surface area contributed by atoms with E-state index in [1.165, 1.54) is 19.3 Å². The first-order valence-electron chi connectivity index (χ1n) is 7.17. The summed E-state index contributed by atoms with van der Waals surface area (Å²) < 4.78 is 0.908. The van der Waals surface area contributed by atoms with Crippen LogP contribution < -0.4 is 10.6 Å². The van der Waals surface area contributed by atoms with Crippen LogP contribution in [-0.4, -0.2) is 43.0 Å². The first-order valence-corrected chi connectivity index (χ1v) is 7.97. The van der Waals surface area contributed by atoms with Crippen LogP contribution in [0.1, 0.15) is 24.8 Å². The van der Waals surface area contributed by atoms with Crippen molar-refractivity contribution >= 4 is 27.5 Å². The molecule has 2 bridgehead atoms. The molecule has 4 nitrogen and oxygen atoms in total. The minimum absolute atomic E-state index is 0.134. The number of nitrogen functional groups attached to an aromatic ring is 1. The van der Waals surface area contributed by atoms with Crippen molar-refractivity contribution in [2.24, 2.45) is 5.73 Å². The van der Waals surface area contributed by atoms with Crippen LogP contribution in [0.4, 0.5) is 5.69 Å². The van der Waals surface area contributed by atoms with Gasteiger partial charge in [0.15, 0.2) is 0 Å². The minimum Gasteiger partial charge on any atom is -0.384 e. The predicted molar refractivity (Wildman–Crippen MR) is 86.6 cm³/mol. The molecule has 5 heteroatoms. The summed E-state index contributed by atoms with van der Waals surface area (Å²) >= 11 is 3.53. The van der Waals surface area contributed by atoms with Crippen molar-refractivity contribution in [1.82, 2.24) is 4.90 Å². The van der Waals surface area contributed by atoms with Crippen molar-refractivity contribution in [3.8, 4) is 0 Å². The van der Waals surface area contributed by atoms with Gasteiger partial charge in [-0.2, -0.15) is 0 Å². The van der Waals surface area contributed by atoms with E-state index in [0.29, 0.717) is 6.04 Å². The van der Waals surface area contributed by atoms with Gasteiger partial charge in [-0.1, -0.05) is 6.07 Å². The Morgan fingerprint density at radius 3 is 2.80 bits per heavy atom. The van der Waals surface area contributed by atoms with Gasteiger partial charge in [0.1, 0.15) is 5.84 Å². The van der Waals surface area contributed by atoms with Gasteiger partial charge in [0.2, 0.25) is 0 Å². The SMILES string of the molecule is CN1C2CCC1CN(c1cccc(Br)c1C(=N)N)CC2. The lowest BCUT2D eigenvalue weighted by molar-refractivity contribution is 0.254. The number of nitrogens with two attached hydrogens (primary N) is 1. The number of hydrogen-bond donors (Lipinski definition) is 2. The number of anilines is 1. The Morgan fingerprint density at radius 1 is 1.30 bits per heavy atom. The zero-order valence-corrected chi connectivity index (χ0v) is 13.4. The topological polar surface area (TPSA) is 56.4 Å². The highest BCUT2D eigenvalue weighted by Crippen LogP contribution is 2.33. The zero-order valence-electron chi connectivity index (χ0n) is 11.8. The molecule has 1 aromatic carbocycles. The normalized spacial score (nSPS) is 26.6.